The van der Waals surface area contributed by atoms with Crippen molar-refractivity contribution in [2.45, 2.75) is 38.4 Å². The van der Waals surface area contributed by atoms with E-state index < -0.39 is 0 Å². The number of carbonyl (C=O) groups excluding carboxylic acids is 1. The van der Waals surface area contributed by atoms with Gasteiger partial charge in [-0.3, -0.25) is 4.79 Å². The van der Waals surface area contributed by atoms with Gasteiger partial charge in [-0.2, -0.15) is 5.48 Å². The number of pyridine rings is 1. The fourth-order valence-corrected chi connectivity index (χ4v) is 3.69. The second kappa shape index (κ2) is 5.92. The van der Waals surface area contributed by atoms with E-state index in [0.717, 1.165) is 25.0 Å². The van der Waals surface area contributed by atoms with E-state index in [1.54, 1.807) is 23.4 Å². The summed E-state index contributed by atoms with van der Waals surface area (Å²) in [6, 6.07) is 5.57. The van der Waals surface area contributed by atoms with E-state index in [-0.39, 0.29) is 18.1 Å². The number of hydrogen-bond donors (Lipinski definition) is 2. The minimum Gasteiger partial charge on any atom is -0.317 e. The van der Waals surface area contributed by atoms with Crippen molar-refractivity contribution in [3.05, 3.63) is 42.0 Å². The monoisotopic (exact) mass is 325 g/mol. The van der Waals surface area contributed by atoms with E-state index in [4.69, 9.17) is 0 Å². The van der Waals surface area contributed by atoms with E-state index in [2.05, 4.69) is 20.4 Å². The number of rotatable bonds is 3. The van der Waals surface area contributed by atoms with Crippen LogP contribution in [-0.4, -0.2) is 43.2 Å². The average Bonchev–Trinajstić information content (AvgIpc) is 2.60. The van der Waals surface area contributed by atoms with Crippen LogP contribution in [0.2, 0.25) is 0 Å². The topological polar surface area (TPSA) is 91.2 Å². The molecule has 1 amide bonds. The molecule has 4 heterocycles. The van der Waals surface area contributed by atoms with Gasteiger partial charge in [0.25, 0.3) is 5.91 Å². The van der Waals surface area contributed by atoms with Gasteiger partial charge in [-0.1, -0.05) is 0 Å². The van der Waals surface area contributed by atoms with Gasteiger partial charge < -0.3 is 10.1 Å². The number of carbonyl (C=O) groups is 1. The first kappa shape index (κ1) is 15.2. The minimum absolute atomic E-state index is 0.160. The lowest BCUT2D eigenvalue weighted by atomic mass is 9.72. The maximum atomic E-state index is 13.2. The van der Waals surface area contributed by atoms with Gasteiger partial charge >= 0.3 is 0 Å². The molecule has 3 aliphatic rings. The van der Waals surface area contributed by atoms with Gasteiger partial charge in [0.15, 0.2) is 5.82 Å². The van der Waals surface area contributed by atoms with Crippen molar-refractivity contribution in [3.8, 4) is 11.4 Å². The first-order valence-electron chi connectivity index (χ1n) is 8.14. The Bertz CT molecular complexity index is 761. The molecule has 2 aliphatic heterocycles. The third-order valence-corrected chi connectivity index (χ3v) is 4.92. The van der Waals surface area contributed by atoms with Gasteiger partial charge in [-0.25, -0.2) is 15.0 Å². The summed E-state index contributed by atoms with van der Waals surface area (Å²) in [5.41, 5.74) is 4.00. The summed E-state index contributed by atoms with van der Waals surface area (Å²) in [5, 5.41) is 9.45. The van der Waals surface area contributed by atoms with E-state index in [9.17, 15) is 10.0 Å². The van der Waals surface area contributed by atoms with Crippen molar-refractivity contribution in [1.82, 2.24) is 25.3 Å². The largest absolute Gasteiger partial charge is 0.317 e. The van der Waals surface area contributed by atoms with Crippen molar-refractivity contribution in [3.63, 3.8) is 0 Å². The van der Waals surface area contributed by atoms with Crippen LogP contribution in [0.4, 0.5) is 0 Å². The molecule has 2 aromatic heterocycles. The Morgan fingerprint density at radius 2 is 2.00 bits per heavy atom. The number of aromatic nitrogens is 3. The molecule has 2 aromatic rings. The van der Waals surface area contributed by atoms with Gasteiger partial charge in [0.1, 0.15) is 11.9 Å². The molecular weight excluding hydrogens is 306 g/mol. The molecule has 7 nitrogen and oxygen atoms in total. The molecule has 2 saturated heterocycles. The molecule has 2 N–H and O–H groups in total. The van der Waals surface area contributed by atoms with Gasteiger partial charge in [0, 0.05) is 24.1 Å². The molecular formula is C17H19N5O2. The SMILES string of the molecule is Cc1ccc(-c2ncccn2)c(C(=O)N2C3CC(C3)CC2NO)n1. The second-order valence-electron chi connectivity index (χ2n) is 6.51. The average molecular weight is 325 g/mol. The first-order chi connectivity index (χ1) is 11.7. The third-order valence-electron chi connectivity index (χ3n) is 4.92. The Morgan fingerprint density at radius 1 is 1.25 bits per heavy atom. The molecule has 3 fully saturated rings. The maximum Gasteiger partial charge on any atom is 0.274 e. The van der Waals surface area contributed by atoms with E-state index in [1.165, 1.54) is 0 Å². The minimum atomic E-state index is -0.359. The summed E-state index contributed by atoms with van der Waals surface area (Å²) in [4.78, 5) is 27.9. The van der Waals surface area contributed by atoms with E-state index in [0.29, 0.717) is 23.0 Å². The Balaban J connectivity index is 1.75. The lowest BCUT2D eigenvalue weighted by Crippen LogP contribution is -2.63. The lowest BCUT2D eigenvalue weighted by Gasteiger charge is -2.52. The van der Waals surface area contributed by atoms with Crippen molar-refractivity contribution >= 4 is 5.91 Å². The predicted molar refractivity (Wildman–Crippen MR) is 86.0 cm³/mol. The maximum absolute atomic E-state index is 13.2. The smallest absolute Gasteiger partial charge is 0.274 e. The fourth-order valence-electron chi connectivity index (χ4n) is 3.69. The zero-order chi connectivity index (χ0) is 16.7. The molecule has 0 spiro atoms. The van der Waals surface area contributed by atoms with Crippen molar-refractivity contribution < 1.29 is 10.0 Å². The van der Waals surface area contributed by atoms with Crippen LogP contribution in [0.3, 0.4) is 0 Å². The van der Waals surface area contributed by atoms with Crippen LogP contribution >= 0.6 is 0 Å². The van der Waals surface area contributed by atoms with Gasteiger partial charge in [0.2, 0.25) is 0 Å². The predicted octanol–water partition coefficient (Wildman–Crippen LogP) is 1.78. The number of aryl methyl sites for hydroxylation is 1. The molecule has 124 valence electrons. The fraction of sp³-hybridized carbons (Fsp3) is 0.412. The molecule has 24 heavy (non-hydrogen) atoms. The lowest BCUT2D eigenvalue weighted by molar-refractivity contribution is -0.0699. The summed E-state index contributed by atoms with van der Waals surface area (Å²) < 4.78 is 0. The quantitative estimate of drug-likeness (QED) is 0.836. The van der Waals surface area contributed by atoms with Crippen LogP contribution < -0.4 is 5.48 Å². The third kappa shape index (κ3) is 2.46. The molecule has 1 saturated carbocycles. The Labute approximate surface area is 139 Å². The number of nitrogens with zero attached hydrogens (tertiary/aromatic N) is 4. The normalized spacial score (nSPS) is 25.2. The summed E-state index contributed by atoms with van der Waals surface area (Å²) in [6.07, 6.45) is 5.68. The number of fused-ring (bicyclic) bond motifs is 2. The van der Waals surface area contributed by atoms with Crippen LogP contribution in [0.15, 0.2) is 30.6 Å². The highest BCUT2D eigenvalue weighted by Gasteiger charge is 2.47. The van der Waals surface area contributed by atoms with Gasteiger partial charge in [-0.05, 0) is 50.3 Å². The number of hydroxylamine groups is 1. The molecule has 2 bridgehead atoms. The Morgan fingerprint density at radius 3 is 2.71 bits per heavy atom. The van der Waals surface area contributed by atoms with Gasteiger partial charge in [0.05, 0.1) is 5.56 Å². The van der Waals surface area contributed by atoms with Crippen LogP contribution in [0.5, 0.6) is 0 Å². The molecule has 1 unspecified atom stereocenters. The molecule has 7 heteroatoms. The molecule has 0 aromatic carbocycles. The van der Waals surface area contributed by atoms with Crippen LogP contribution in [0.25, 0.3) is 11.4 Å². The zero-order valence-corrected chi connectivity index (χ0v) is 13.4. The van der Waals surface area contributed by atoms with Crippen molar-refractivity contribution in [1.29, 1.82) is 0 Å². The summed E-state index contributed by atoms with van der Waals surface area (Å²) in [6.45, 7) is 1.85. The first-order valence-corrected chi connectivity index (χ1v) is 8.14. The number of piperidine rings is 2. The summed E-state index contributed by atoms with van der Waals surface area (Å²) >= 11 is 0. The molecule has 0 radical (unpaired) electrons. The van der Waals surface area contributed by atoms with Crippen LogP contribution in [0.1, 0.15) is 35.4 Å². The number of hydrogen-bond acceptors (Lipinski definition) is 6. The Hall–Kier alpha value is -2.38. The Kier molecular flexibility index (Phi) is 3.74. The van der Waals surface area contributed by atoms with Crippen LogP contribution in [0, 0.1) is 12.8 Å². The molecule has 1 aliphatic carbocycles. The van der Waals surface area contributed by atoms with Crippen molar-refractivity contribution in [2.24, 2.45) is 5.92 Å². The number of amides is 1. The standard InChI is InChI=1S/C17H19N5O2/c1-10-3-4-13(16-18-5-2-6-19-16)15(20-10)17(23)22-12-7-11(8-12)9-14(22)21-24/h2-6,11-12,14,21,24H,7-9H2,1H3. The zero-order valence-electron chi connectivity index (χ0n) is 13.4. The van der Waals surface area contributed by atoms with Gasteiger partial charge in [-0.15, -0.1) is 0 Å². The highest BCUT2D eigenvalue weighted by atomic mass is 16.5. The van der Waals surface area contributed by atoms with E-state index >= 15 is 0 Å². The summed E-state index contributed by atoms with van der Waals surface area (Å²) in [5.74, 6) is 0.882. The van der Waals surface area contributed by atoms with E-state index in [1.807, 2.05) is 19.1 Å². The van der Waals surface area contributed by atoms with Crippen LogP contribution in [-0.2, 0) is 0 Å². The summed E-state index contributed by atoms with van der Waals surface area (Å²) in [7, 11) is 0. The van der Waals surface area contributed by atoms with Crippen molar-refractivity contribution in [2.75, 3.05) is 0 Å². The highest BCUT2D eigenvalue weighted by molar-refractivity contribution is 5.98. The molecule has 5 rings (SSSR count). The highest BCUT2D eigenvalue weighted by Crippen LogP contribution is 2.42. The second-order valence-corrected chi connectivity index (χ2v) is 6.51. The number of nitrogens with one attached hydrogen (secondary N) is 1. The molecule has 1 atom stereocenters.